The normalized spacial score (nSPS) is 12.2. The van der Waals surface area contributed by atoms with E-state index in [0.717, 1.165) is 0 Å². The lowest BCUT2D eigenvalue weighted by molar-refractivity contribution is 0.660. The third-order valence-electron chi connectivity index (χ3n) is 9.98. The Bertz CT molecular complexity index is 2450. The van der Waals surface area contributed by atoms with Gasteiger partial charge in [-0.3, -0.25) is 0 Å². The number of thiophene rings is 1. The first-order valence-electron chi connectivity index (χ1n) is 18.3. The van der Waals surface area contributed by atoms with Crippen LogP contribution in [0.3, 0.4) is 0 Å². The molecule has 0 amide bonds. The summed E-state index contributed by atoms with van der Waals surface area (Å²) < 4.78 is 2.77. The second kappa shape index (κ2) is 15.1. The molecule has 1 aliphatic rings. The first-order chi connectivity index (χ1) is 24.6. The highest BCUT2D eigenvalue weighted by atomic mass is 32.1. The molecular formula is C50H50S. The number of rotatable bonds is 1. The first-order valence-corrected chi connectivity index (χ1v) is 19.1. The van der Waals surface area contributed by atoms with Crippen molar-refractivity contribution >= 4 is 42.3 Å². The Morgan fingerprint density at radius 2 is 0.961 bits per heavy atom. The standard InChI is InChI=1S/C27H24.C13H10S.C8H10.C2H6/c1-17-13-14-22-24(15-17)27(3,4)25-16-23(19-10-6-5-9-18(19)2)20-11-7-8-12-21(20)26(22)25;1-9-6-7-13-11(8-9)10-4-2-3-5-12(10)14-13;1-7-4-3-5-8(2)6-7;1-2/h5-16H,1-4H3;2-8H,1H3;3-6H,1-2H3;1-2H3. The maximum absolute atomic E-state index is 2.45. The molecule has 1 aromatic heterocycles. The zero-order valence-corrected chi connectivity index (χ0v) is 32.5. The van der Waals surface area contributed by atoms with Crippen molar-refractivity contribution in [3.05, 3.63) is 178 Å². The monoisotopic (exact) mass is 682 g/mol. The zero-order valence-electron chi connectivity index (χ0n) is 31.7. The first kappa shape index (κ1) is 35.8. The zero-order chi connectivity index (χ0) is 36.3. The van der Waals surface area contributed by atoms with Crippen molar-refractivity contribution in [1.29, 1.82) is 0 Å². The smallest absolute Gasteiger partial charge is 0.0355 e. The van der Waals surface area contributed by atoms with Crippen LogP contribution >= 0.6 is 11.3 Å². The predicted octanol–water partition coefficient (Wildman–Crippen LogP) is 15.1. The highest BCUT2D eigenvalue weighted by Crippen LogP contribution is 2.53. The molecule has 51 heavy (non-hydrogen) atoms. The SMILES string of the molecule is CC.Cc1ccc2c(c1)C(C)(C)c1cc(-c3ccccc3C)c3ccccc3c1-2.Cc1ccc2sc3ccccc3c2c1.Cc1cccc(C)c1. The second-order valence-electron chi connectivity index (χ2n) is 14.1. The van der Waals surface area contributed by atoms with E-state index in [-0.39, 0.29) is 5.41 Å². The van der Waals surface area contributed by atoms with Gasteiger partial charge in [-0.2, -0.15) is 0 Å². The van der Waals surface area contributed by atoms with Gasteiger partial charge in [-0.25, -0.2) is 0 Å². The molecule has 1 aliphatic carbocycles. The van der Waals surface area contributed by atoms with Crippen LogP contribution in [0.1, 0.15) is 66.6 Å². The van der Waals surface area contributed by atoms with E-state index >= 15 is 0 Å². The predicted molar refractivity (Wildman–Crippen MR) is 228 cm³/mol. The minimum Gasteiger partial charge on any atom is -0.135 e. The summed E-state index contributed by atoms with van der Waals surface area (Å²) in [5.74, 6) is 0. The molecule has 0 unspecified atom stereocenters. The molecule has 0 atom stereocenters. The van der Waals surface area contributed by atoms with Gasteiger partial charge in [-0.05, 0) is 109 Å². The largest absolute Gasteiger partial charge is 0.135 e. The number of aryl methyl sites for hydroxylation is 5. The van der Waals surface area contributed by atoms with Gasteiger partial charge in [0.1, 0.15) is 0 Å². The highest BCUT2D eigenvalue weighted by Gasteiger charge is 2.37. The summed E-state index contributed by atoms with van der Waals surface area (Å²) in [6, 6.07) is 50.7. The van der Waals surface area contributed by atoms with Gasteiger partial charge in [-0.15, -0.1) is 11.3 Å². The number of benzene rings is 7. The number of fused-ring (bicyclic) bond motifs is 8. The Kier molecular flexibility index (Phi) is 10.6. The van der Waals surface area contributed by atoms with E-state index < -0.39 is 0 Å². The lowest BCUT2D eigenvalue weighted by Gasteiger charge is -2.23. The summed E-state index contributed by atoms with van der Waals surface area (Å²) in [6.07, 6.45) is 0. The average molecular weight is 683 g/mol. The maximum Gasteiger partial charge on any atom is 0.0355 e. The quantitative estimate of drug-likeness (QED) is 0.162. The molecule has 9 rings (SSSR count). The molecular weight excluding hydrogens is 633 g/mol. The van der Waals surface area contributed by atoms with E-state index in [0.29, 0.717) is 0 Å². The third kappa shape index (κ3) is 7.14. The van der Waals surface area contributed by atoms with Crippen LogP contribution in [0.15, 0.2) is 140 Å². The number of hydrogen-bond acceptors (Lipinski definition) is 1. The molecule has 8 aromatic rings. The lowest BCUT2D eigenvalue weighted by atomic mass is 9.80. The van der Waals surface area contributed by atoms with E-state index in [1.165, 1.54) is 92.1 Å². The molecule has 1 heterocycles. The molecule has 7 aromatic carbocycles. The van der Waals surface area contributed by atoms with Crippen LogP contribution in [-0.4, -0.2) is 0 Å². The fraction of sp³-hybridized carbons (Fsp3) is 0.200. The van der Waals surface area contributed by atoms with Gasteiger partial charge in [0.15, 0.2) is 0 Å². The summed E-state index contributed by atoms with van der Waals surface area (Å²) in [7, 11) is 0. The van der Waals surface area contributed by atoms with Crippen molar-refractivity contribution in [2.75, 3.05) is 0 Å². The minimum atomic E-state index is 0.0121. The van der Waals surface area contributed by atoms with Crippen LogP contribution in [0.25, 0.3) is 53.2 Å². The summed E-state index contributed by atoms with van der Waals surface area (Å²) in [6.45, 7) is 19.5. The maximum atomic E-state index is 2.45. The fourth-order valence-electron chi connectivity index (χ4n) is 7.44. The molecule has 0 saturated carbocycles. The van der Waals surface area contributed by atoms with E-state index in [2.05, 4.69) is 188 Å². The van der Waals surface area contributed by atoms with E-state index in [9.17, 15) is 0 Å². The van der Waals surface area contributed by atoms with Crippen molar-refractivity contribution in [2.24, 2.45) is 0 Å². The topological polar surface area (TPSA) is 0 Å². The Morgan fingerprint density at radius 1 is 0.392 bits per heavy atom. The summed E-state index contributed by atoms with van der Waals surface area (Å²) in [5.41, 5.74) is 15.1. The van der Waals surface area contributed by atoms with Crippen LogP contribution in [0.5, 0.6) is 0 Å². The summed E-state index contributed by atoms with van der Waals surface area (Å²) in [4.78, 5) is 0. The average Bonchev–Trinajstić information content (AvgIpc) is 3.61. The Hall–Kier alpha value is -4.98. The van der Waals surface area contributed by atoms with Crippen molar-refractivity contribution in [2.45, 2.75) is 67.7 Å². The van der Waals surface area contributed by atoms with Crippen molar-refractivity contribution in [3.8, 4) is 22.3 Å². The Morgan fingerprint density at radius 3 is 1.65 bits per heavy atom. The van der Waals surface area contributed by atoms with Crippen molar-refractivity contribution < 1.29 is 0 Å². The Balaban J connectivity index is 0.000000154. The third-order valence-corrected chi connectivity index (χ3v) is 11.1. The molecule has 0 saturated heterocycles. The molecule has 1 heteroatoms. The van der Waals surface area contributed by atoms with Crippen LogP contribution < -0.4 is 0 Å². The molecule has 0 fully saturated rings. The lowest BCUT2D eigenvalue weighted by Crippen LogP contribution is -2.15. The number of hydrogen-bond donors (Lipinski definition) is 0. The van der Waals surface area contributed by atoms with Gasteiger partial charge in [0.25, 0.3) is 0 Å². The molecule has 0 bridgehead atoms. The molecule has 0 nitrogen and oxygen atoms in total. The van der Waals surface area contributed by atoms with Crippen LogP contribution in [0, 0.1) is 34.6 Å². The molecule has 0 radical (unpaired) electrons. The van der Waals surface area contributed by atoms with Gasteiger partial charge in [0, 0.05) is 25.6 Å². The van der Waals surface area contributed by atoms with Crippen molar-refractivity contribution in [3.63, 3.8) is 0 Å². The van der Waals surface area contributed by atoms with Crippen LogP contribution in [-0.2, 0) is 5.41 Å². The van der Waals surface area contributed by atoms with E-state index in [4.69, 9.17) is 0 Å². The molecule has 0 aliphatic heterocycles. The molecule has 256 valence electrons. The van der Waals surface area contributed by atoms with Gasteiger partial charge in [-0.1, -0.05) is 165 Å². The van der Waals surface area contributed by atoms with Crippen molar-refractivity contribution in [1.82, 2.24) is 0 Å². The van der Waals surface area contributed by atoms with E-state index in [1.807, 2.05) is 25.2 Å². The van der Waals surface area contributed by atoms with Gasteiger partial charge < -0.3 is 0 Å². The fourth-order valence-corrected chi connectivity index (χ4v) is 8.53. The van der Waals surface area contributed by atoms with Gasteiger partial charge in [0.05, 0.1) is 0 Å². The van der Waals surface area contributed by atoms with Gasteiger partial charge >= 0.3 is 0 Å². The second-order valence-corrected chi connectivity index (χ2v) is 15.2. The highest BCUT2D eigenvalue weighted by molar-refractivity contribution is 7.25. The summed E-state index contributed by atoms with van der Waals surface area (Å²) >= 11 is 1.87. The van der Waals surface area contributed by atoms with Crippen LogP contribution in [0.4, 0.5) is 0 Å². The molecule has 0 N–H and O–H groups in total. The summed E-state index contributed by atoms with van der Waals surface area (Å²) in [5, 5.41) is 5.49. The van der Waals surface area contributed by atoms with E-state index in [1.54, 1.807) is 0 Å². The minimum absolute atomic E-state index is 0.0121. The molecule has 0 spiro atoms. The van der Waals surface area contributed by atoms with Crippen LogP contribution in [0.2, 0.25) is 0 Å². The Labute approximate surface area is 309 Å². The van der Waals surface area contributed by atoms with Gasteiger partial charge in [0.2, 0.25) is 0 Å².